The van der Waals surface area contributed by atoms with E-state index in [9.17, 15) is 0 Å². The Bertz CT molecular complexity index is 3030. The van der Waals surface area contributed by atoms with Gasteiger partial charge >= 0.3 is 0 Å². The summed E-state index contributed by atoms with van der Waals surface area (Å²) in [5.74, 6) is 13.1. The van der Waals surface area contributed by atoms with Crippen molar-refractivity contribution in [2.75, 3.05) is 0 Å². The first-order valence-electron chi connectivity index (χ1n) is 31.2. The minimum atomic E-state index is -0.525. The number of unbranched alkanes of at least 4 members (excludes halogenated alkanes) is 2. The topological polar surface area (TPSA) is 0 Å². The van der Waals surface area contributed by atoms with Crippen molar-refractivity contribution in [1.29, 1.82) is 0 Å². The average molecular weight is 1110 g/mol. The molecule has 0 unspecified atom stereocenters. The second kappa shape index (κ2) is 24.8. The zero-order valence-corrected chi connectivity index (χ0v) is 54.7. The van der Waals surface area contributed by atoms with Crippen LogP contribution in [0.15, 0.2) is 194 Å². The summed E-state index contributed by atoms with van der Waals surface area (Å²) in [5, 5.41) is 0. The van der Waals surface area contributed by atoms with E-state index in [2.05, 4.69) is 342 Å². The van der Waals surface area contributed by atoms with Crippen LogP contribution in [0.3, 0.4) is 0 Å². The SMILES string of the molecule is CC(C)(C)c1ccc(C(c2ccc(CCCC#CC#CCCCc3ccc(C(c4ccc(C(C)(C)C)cc4)(c4ccc(C(C)(C)C)cc4)c4ccc(C(C)(C)C)cc4)cc3)cc2)(c2ccc(C(C)(C)C)cc2)c2ccc(C(C)(C)C)cc2)cc1. The van der Waals surface area contributed by atoms with Crippen LogP contribution < -0.4 is 0 Å². The van der Waals surface area contributed by atoms with Crippen LogP contribution in [-0.2, 0) is 56.2 Å². The van der Waals surface area contributed by atoms with Gasteiger partial charge in [0.1, 0.15) is 0 Å². The Morgan fingerprint density at radius 3 is 0.500 bits per heavy atom. The average Bonchev–Trinajstić information content (AvgIpc) is 0.898. The molecule has 0 aliphatic rings. The van der Waals surface area contributed by atoms with Gasteiger partial charge in [0.25, 0.3) is 0 Å². The Labute approximate surface area is 510 Å². The van der Waals surface area contributed by atoms with Crippen molar-refractivity contribution in [3.05, 3.63) is 283 Å². The van der Waals surface area contributed by atoms with Crippen LogP contribution in [0.25, 0.3) is 0 Å². The summed E-state index contributed by atoms with van der Waals surface area (Å²) in [6, 6.07) is 75.6. The lowest BCUT2D eigenvalue weighted by Crippen LogP contribution is -2.31. The minimum absolute atomic E-state index is 0.0527. The van der Waals surface area contributed by atoms with Gasteiger partial charge in [0, 0.05) is 12.8 Å². The molecular formula is C84H98. The highest BCUT2D eigenvalue weighted by Gasteiger charge is 2.41. The molecule has 0 aromatic heterocycles. The maximum atomic E-state index is 3.38. The lowest BCUT2D eigenvalue weighted by Gasteiger charge is -2.38. The van der Waals surface area contributed by atoms with E-state index >= 15 is 0 Å². The monoisotopic (exact) mass is 1110 g/mol. The van der Waals surface area contributed by atoms with Gasteiger partial charge in [0.05, 0.1) is 10.8 Å². The van der Waals surface area contributed by atoms with Gasteiger partial charge in [-0.1, -0.05) is 331 Å². The minimum Gasteiger partial charge on any atom is -0.0891 e. The second-order valence-electron chi connectivity index (χ2n) is 30.2. The van der Waals surface area contributed by atoms with Gasteiger partial charge in [0.2, 0.25) is 0 Å². The van der Waals surface area contributed by atoms with E-state index in [1.165, 1.54) is 89.0 Å². The van der Waals surface area contributed by atoms with Crippen LogP contribution in [0.1, 0.15) is 239 Å². The highest BCUT2D eigenvalue weighted by atomic mass is 14.4. The molecule has 0 heteroatoms. The van der Waals surface area contributed by atoms with Crippen molar-refractivity contribution in [1.82, 2.24) is 0 Å². The first-order chi connectivity index (χ1) is 39.4. The van der Waals surface area contributed by atoms with Gasteiger partial charge in [-0.15, -0.1) is 0 Å². The van der Waals surface area contributed by atoms with E-state index < -0.39 is 10.8 Å². The van der Waals surface area contributed by atoms with Crippen molar-refractivity contribution in [3.63, 3.8) is 0 Å². The molecule has 0 aliphatic carbocycles. The third-order valence-corrected chi connectivity index (χ3v) is 17.7. The maximum absolute atomic E-state index is 3.38. The standard InChI is InChI=1S/C84H98/c1-77(2,3)63-37-49-71(50-38-63)83(72-51-39-64(40-52-72)78(4,5)6,73-53-41-65(42-54-73)79(7,8)9)69-33-29-61(30-34-69)27-25-23-21-19-20-22-24-26-28-62-31-35-70(36-32-62)84(74-55-43-66(44-56-74)80(10,11)12,75-57-45-67(46-58-75)81(13,14)15)76-59-47-68(48-60-76)82(16,17)18/h29-60H,23-28H2,1-18H3. The van der Waals surface area contributed by atoms with Crippen LogP contribution in [0, 0.1) is 23.7 Å². The Kier molecular flexibility index (Phi) is 18.6. The summed E-state index contributed by atoms with van der Waals surface area (Å²) in [7, 11) is 0. The molecule has 0 nitrogen and oxygen atoms in total. The van der Waals surface area contributed by atoms with E-state index in [1.54, 1.807) is 0 Å². The third-order valence-electron chi connectivity index (χ3n) is 17.7. The molecule has 8 aromatic carbocycles. The summed E-state index contributed by atoms with van der Waals surface area (Å²) in [6.07, 6.45) is 5.53. The molecule has 84 heavy (non-hydrogen) atoms. The lowest BCUT2D eigenvalue weighted by molar-refractivity contribution is 0.586. The predicted octanol–water partition coefficient (Wildman–Crippen LogP) is 21.6. The Morgan fingerprint density at radius 1 is 0.202 bits per heavy atom. The van der Waals surface area contributed by atoms with Gasteiger partial charge in [-0.25, -0.2) is 0 Å². The molecule has 0 spiro atoms. The van der Waals surface area contributed by atoms with Gasteiger partial charge in [-0.2, -0.15) is 0 Å². The van der Waals surface area contributed by atoms with E-state index in [-0.39, 0.29) is 32.5 Å². The lowest BCUT2D eigenvalue weighted by atomic mass is 9.64. The number of aryl methyl sites for hydroxylation is 2. The van der Waals surface area contributed by atoms with Gasteiger partial charge < -0.3 is 0 Å². The summed E-state index contributed by atoms with van der Waals surface area (Å²) < 4.78 is 0. The quantitative estimate of drug-likeness (QED) is 0.0578. The van der Waals surface area contributed by atoms with Gasteiger partial charge in [-0.3, -0.25) is 0 Å². The molecule has 0 fully saturated rings. The van der Waals surface area contributed by atoms with E-state index in [0.29, 0.717) is 0 Å². The van der Waals surface area contributed by atoms with E-state index in [0.717, 1.165) is 38.5 Å². The summed E-state index contributed by atoms with van der Waals surface area (Å²) >= 11 is 0. The number of rotatable bonds is 14. The molecule has 0 radical (unpaired) electrons. The highest BCUT2D eigenvalue weighted by molar-refractivity contribution is 5.63. The smallest absolute Gasteiger partial charge is 0.0701 e. The fraction of sp³-hybridized carbons (Fsp3) is 0.381. The van der Waals surface area contributed by atoms with Crippen molar-refractivity contribution < 1.29 is 0 Å². The zero-order chi connectivity index (χ0) is 60.9. The van der Waals surface area contributed by atoms with Crippen LogP contribution in [0.5, 0.6) is 0 Å². The molecule has 8 aromatic rings. The third kappa shape index (κ3) is 14.2. The van der Waals surface area contributed by atoms with Crippen LogP contribution >= 0.6 is 0 Å². The molecule has 0 aliphatic heterocycles. The second-order valence-corrected chi connectivity index (χ2v) is 30.2. The van der Waals surface area contributed by atoms with Crippen molar-refractivity contribution in [3.8, 4) is 23.7 Å². The predicted molar refractivity (Wildman–Crippen MR) is 363 cm³/mol. The first-order valence-corrected chi connectivity index (χ1v) is 31.2. The highest BCUT2D eigenvalue weighted by Crippen LogP contribution is 2.49. The zero-order valence-electron chi connectivity index (χ0n) is 54.7. The number of benzene rings is 8. The number of hydrogen-bond donors (Lipinski definition) is 0. The maximum Gasteiger partial charge on any atom is 0.0701 e. The summed E-state index contributed by atoms with van der Waals surface area (Å²) in [6.45, 7) is 41.3. The van der Waals surface area contributed by atoms with Crippen molar-refractivity contribution in [2.45, 2.75) is 206 Å². The summed E-state index contributed by atoms with van der Waals surface area (Å²) in [5.41, 5.74) is 20.1. The Hall–Kier alpha value is -7.12. The fourth-order valence-corrected chi connectivity index (χ4v) is 12.1. The Morgan fingerprint density at radius 2 is 0.345 bits per heavy atom. The first kappa shape index (κ1) is 62.9. The van der Waals surface area contributed by atoms with Crippen LogP contribution in [0.2, 0.25) is 0 Å². The van der Waals surface area contributed by atoms with Gasteiger partial charge in [-0.05, 0) is 159 Å². The molecule has 0 heterocycles. The molecule has 0 saturated heterocycles. The molecule has 0 N–H and O–H groups in total. The largest absolute Gasteiger partial charge is 0.0891 e. The van der Waals surface area contributed by atoms with Crippen molar-refractivity contribution >= 4 is 0 Å². The molecular weight excluding hydrogens is 1010 g/mol. The molecule has 0 atom stereocenters. The van der Waals surface area contributed by atoms with E-state index in [1.807, 2.05) is 0 Å². The normalized spacial score (nSPS) is 12.7. The summed E-state index contributed by atoms with van der Waals surface area (Å²) in [4.78, 5) is 0. The van der Waals surface area contributed by atoms with Crippen molar-refractivity contribution in [2.24, 2.45) is 0 Å². The fourth-order valence-electron chi connectivity index (χ4n) is 12.1. The molecule has 8 rings (SSSR count). The molecule has 434 valence electrons. The van der Waals surface area contributed by atoms with Gasteiger partial charge in [0.15, 0.2) is 0 Å². The Balaban J connectivity index is 0.974. The van der Waals surface area contributed by atoms with Crippen LogP contribution in [0.4, 0.5) is 0 Å². The molecule has 0 bridgehead atoms. The van der Waals surface area contributed by atoms with E-state index in [4.69, 9.17) is 0 Å². The van der Waals surface area contributed by atoms with Crippen LogP contribution in [-0.4, -0.2) is 0 Å². The molecule has 0 saturated carbocycles. The number of hydrogen-bond acceptors (Lipinski definition) is 0. The molecule has 0 amide bonds.